The van der Waals surface area contributed by atoms with Gasteiger partial charge in [0.2, 0.25) is 17.7 Å². The number of benzene rings is 2. The van der Waals surface area contributed by atoms with Crippen molar-refractivity contribution >= 4 is 17.7 Å². The van der Waals surface area contributed by atoms with Crippen LogP contribution in [0.25, 0.3) is 0 Å². The van der Waals surface area contributed by atoms with E-state index in [1.54, 1.807) is 12.0 Å². The van der Waals surface area contributed by atoms with E-state index in [4.69, 9.17) is 9.47 Å². The normalized spacial score (nSPS) is 28.6. The Morgan fingerprint density at radius 3 is 2.26 bits per heavy atom. The first-order chi connectivity index (χ1) is 18.7. The third-order valence-corrected chi connectivity index (χ3v) is 8.21. The van der Waals surface area contributed by atoms with Gasteiger partial charge in [0.25, 0.3) is 0 Å². The van der Waals surface area contributed by atoms with E-state index in [1.807, 2.05) is 73.7 Å². The number of rotatable bonds is 10. The Labute approximate surface area is 229 Å². The molecule has 0 radical (unpaired) electrons. The summed E-state index contributed by atoms with van der Waals surface area (Å²) in [6.45, 7) is 7.08. The molecule has 2 N–H and O–H groups in total. The van der Waals surface area contributed by atoms with Gasteiger partial charge in [-0.1, -0.05) is 68.5 Å². The van der Waals surface area contributed by atoms with Crippen molar-refractivity contribution in [1.82, 2.24) is 15.5 Å². The van der Waals surface area contributed by atoms with Crippen LogP contribution in [-0.2, 0) is 32.2 Å². The lowest BCUT2D eigenvalue weighted by molar-refractivity contribution is -0.145. The quantitative estimate of drug-likeness (QED) is 0.459. The van der Waals surface area contributed by atoms with Crippen LogP contribution < -0.4 is 15.4 Å². The molecule has 5 atom stereocenters. The first kappa shape index (κ1) is 26.9. The molecular weight excluding hydrogens is 494 g/mol. The zero-order valence-corrected chi connectivity index (χ0v) is 23.0. The summed E-state index contributed by atoms with van der Waals surface area (Å²) < 4.78 is 11.8. The zero-order valence-electron chi connectivity index (χ0n) is 23.0. The van der Waals surface area contributed by atoms with Crippen molar-refractivity contribution in [3.63, 3.8) is 0 Å². The summed E-state index contributed by atoms with van der Waals surface area (Å²) in [4.78, 5) is 43.1. The topological polar surface area (TPSA) is 97.0 Å². The highest BCUT2D eigenvalue weighted by atomic mass is 16.5. The molecule has 8 heteroatoms. The molecule has 2 bridgehead atoms. The highest BCUT2D eigenvalue weighted by Crippen LogP contribution is 2.59. The lowest BCUT2D eigenvalue weighted by Crippen LogP contribution is -2.54. The molecule has 0 unspecified atom stereocenters. The number of methoxy groups -OCH3 is 1. The molecule has 2 fully saturated rings. The van der Waals surface area contributed by atoms with Crippen LogP contribution in [0.2, 0.25) is 0 Å². The predicted octanol–water partition coefficient (Wildman–Crippen LogP) is 3.21. The number of fused-ring (bicyclic) bond motifs is 1. The average Bonchev–Trinajstić information content (AvgIpc) is 3.50. The van der Waals surface area contributed by atoms with Gasteiger partial charge in [0.05, 0.1) is 24.5 Å². The van der Waals surface area contributed by atoms with Crippen LogP contribution in [0.4, 0.5) is 0 Å². The number of amides is 3. The number of ether oxygens (including phenoxy) is 2. The minimum absolute atomic E-state index is 0.201. The lowest BCUT2D eigenvalue weighted by Gasteiger charge is -2.33. The maximum Gasteiger partial charge on any atom is 0.246 e. The predicted molar refractivity (Wildman–Crippen MR) is 146 cm³/mol. The van der Waals surface area contributed by atoms with Gasteiger partial charge in [-0.05, 0) is 42.5 Å². The minimum atomic E-state index is -1.19. The van der Waals surface area contributed by atoms with E-state index in [1.165, 1.54) is 0 Å². The van der Waals surface area contributed by atoms with Gasteiger partial charge in [0.15, 0.2) is 0 Å². The maximum atomic E-state index is 14.0. The molecule has 3 amide bonds. The minimum Gasteiger partial charge on any atom is -0.497 e. The molecule has 3 heterocycles. The summed E-state index contributed by atoms with van der Waals surface area (Å²) in [6.07, 6.45) is 4.45. The largest absolute Gasteiger partial charge is 0.497 e. The van der Waals surface area contributed by atoms with Gasteiger partial charge in [-0.3, -0.25) is 14.4 Å². The summed E-state index contributed by atoms with van der Waals surface area (Å²) in [5.74, 6) is -1.17. The van der Waals surface area contributed by atoms with Crippen LogP contribution in [0, 0.1) is 17.8 Å². The molecule has 1 spiro atoms. The fourth-order valence-corrected chi connectivity index (χ4v) is 6.19. The summed E-state index contributed by atoms with van der Waals surface area (Å²) in [7, 11) is 1.61. The fourth-order valence-electron chi connectivity index (χ4n) is 6.19. The second-order valence-electron chi connectivity index (χ2n) is 11.3. The van der Waals surface area contributed by atoms with Crippen molar-refractivity contribution < 1.29 is 23.9 Å². The lowest BCUT2D eigenvalue weighted by atomic mass is 9.70. The molecule has 39 heavy (non-hydrogen) atoms. The Bertz CT molecular complexity index is 1260. The van der Waals surface area contributed by atoms with Gasteiger partial charge in [0, 0.05) is 19.6 Å². The molecule has 0 aromatic heterocycles. The molecule has 0 aliphatic carbocycles. The second-order valence-corrected chi connectivity index (χ2v) is 11.3. The average molecular weight is 532 g/mol. The van der Waals surface area contributed by atoms with Gasteiger partial charge in [-0.25, -0.2) is 0 Å². The molecule has 2 aromatic rings. The summed E-state index contributed by atoms with van der Waals surface area (Å²) in [5.41, 5.74) is -0.288. The van der Waals surface area contributed by atoms with Crippen molar-refractivity contribution in [2.45, 2.75) is 57.5 Å². The Balaban J connectivity index is 1.39. The van der Waals surface area contributed by atoms with E-state index in [2.05, 4.69) is 24.5 Å². The maximum absolute atomic E-state index is 14.0. The van der Waals surface area contributed by atoms with Gasteiger partial charge >= 0.3 is 0 Å². The van der Waals surface area contributed by atoms with E-state index < -0.39 is 29.1 Å². The number of carbonyl (C=O) groups excluding carboxylic acids is 3. The molecule has 8 nitrogen and oxygen atoms in total. The molecular formula is C31H37N3O5. The number of likely N-dealkylation sites (tertiary alicyclic amines) is 1. The smallest absolute Gasteiger partial charge is 0.246 e. The van der Waals surface area contributed by atoms with Crippen molar-refractivity contribution in [3.8, 4) is 5.75 Å². The van der Waals surface area contributed by atoms with Crippen molar-refractivity contribution in [2.75, 3.05) is 13.7 Å². The van der Waals surface area contributed by atoms with Crippen LogP contribution in [0.5, 0.6) is 5.75 Å². The van der Waals surface area contributed by atoms with Crippen LogP contribution >= 0.6 is 0 Å². The van der Waals surface area contributed by atoms with Crippen LogP contribution in [0.15, 0.2) is 66.7 Å². The van der Waals surface area contributed by atoms with Crippen LogP contribution in [0.1, 0.15) is 38.3 Å². The number of carbonyl (C=O) groups is 3. The molecule has 2 saturated heterocycles. The summed E-state index contributed by atoms with van der Waals surface area (Å²) in [6, 6.07) is 16.3. The van der Waals surface area contributed by atoms with E-state index in [9.17, 15) is 14.4 Å². The third-order valence-electron chi connectivity index (χ3n) is 8.21. The molecule has 206 valence electrons. The Morgan fingerprint density at radius 1 is 0.974 bits per heavy atom. The number of nitrogens with one attached hydrogen (secondary N) is 2. The fraction of sp³-hybridized carbons (Fsp3) is 0.452. The number of hydrogen-bond acceptors (Lipinski definition) is 5. The van der Waals surface area contributed by atoms with Crippen LogP contribution in [-0.4, -0.2) is 53.5 Å². The molecule has 0 saturated carbocycles. The number of hydrogen-bond donors (Lipinski definition) is 2. The van der Waals surface area contributed by atoms with Gasteiger partial charge in [-0.2, -0.15) is 0 Å². The first-order valence-corrected chi connectivity index (χ1v) is 13.6. The highest BCUT2D eigenvalue weighted by Gasteiger charge is 2.76. The molecule has 3 aliphatic rings. The molecule has 2 aromatic carbocycles. The third kappa shape index (κ3) is 4.82. The molecule has 5 rings (SSSR count). The Hall–Kier alpha value is -3.65. The van der Waals surface area contributed by atoms with Gasteiger partial charge in [0.1, 0.15) is 17.4 Å². The van der Waals surface area contributed by atoms with Crippen molar-refractivity contribution in [1.29, 1.82) is 0 Å². The van der Waals surface area contributed by atoms with E-state index in [0.29, 0.717) is 25.6 Å². The highest BCUT2D eigenvalue weighted by molar-refractivity contribution is 6.00. The standard InChI is InChI=1S/C31H37N3O5/c1-20(2)14-17-34-26(28(36)33-18-21-8-6-5-7-9-21)31-16-15-30(3,39-31)24(25(31)29(34)37)27(35)32-19-22-10-12-23(38-4)13-11-22/h5-13,15-16,20,24-26H,14,17-19H2,1-4H3,(H,32,35)(H,33,36)/t24-,25+,26-,30+,31-/m0/s1. The summed E-state index contributed by atoms with van der Waals surface area (Å²) >= 11 is 0. The van der Waals surface area contributed by atoms with Crippen molar-refractivity contribution in [3.05, 3.63) is 77.9 Å². The van der Waals surface area contributed by atoms with Crippen molar-refractivity contribution in [2.24, 2.45) is 17.8 Å². The number of nitrogens with zero attached hydrogens (tertiary/aromatic N) is 1. The van der Waals surface area contributed by atoms with Gasteiger partial charge in [-0.15, -0.1) is 0 Å². The first-order valence-electron chi connectivity index (χ1n) is 13.6. The second kappa shape index (κ2) is 10.5. The Kier molecular flexibility index (Phi) is 7.25. The molecule has 3 aliphatic heterocycles. The van der Waals surface area contributed by atoms with E-state index in [-0.39, 0.29) is 17.7 Å². The van der Waals surface area contributed by atoms with Crippen LogP contribution in [0.3, 0.4) is 0 Å². The Morgan fingerprint density at radius 2 is 1.62 bits per heavy atom. The SMILES string of the molecule is COc1ccc(CNC(=O)[C@@H]2[C@@H]3C(=O)N(CCC(C)C)[C@@H](C(=O)NCc4ccccc4)[C@]34C=C[C@@]2(C)O4)cc1. The summed E-state index contributed by atoms with van der Waals surface area (Å²) in [5, 5.41) is 6.03. The zero-order chi connectivity index (χ0) is 27.8. The monoisotopic (exact) mass is 531 g/mol. The van der Waals surface area contributed by atoms with Gasteiger partial charge < -0.3 is 25.0 Å². The van der Waals surface area contributed by atoms with E-state index in [0.717, 1.165) is 23.3 Å². The van der Waals surface area contributed by atoms with E-state index >= 15 is 0 Å².